The van der Waals surface area contributed by atoms with E-state index >= 15 is 0 Å². The Morgan fingerprint density at radius 2 is 2.03 bits per heavy atom. The maximum absolute atomic E-state index is 13.8. The van der Waals surface area contributed by atoms with E-state index < -0.39 is 5.82 Å². The van der Waals surface area contributed by atoms with Gasteiger partial charge in [-0.25, -0.2) is 13.9 Å². The number of halogens is 1. The third-order valence-electron chi connectivity index (χ3n) is 4.11. The Balaban J connectivity index is 1.50. The zero-order valence-corrected chi connectivity index (χ0v) is 16.6. The molecule has 2 N–H and O–H groups in total. The summed E-state index contributed by atoms with van der Waals surface area (Å²) in [4.78, 5) is 12.1. The molecule has 1 atom stereocenters. The second-order valence-electron chi connectivity index (χ2n) is 6.33. The maximum atomic E-state index is 13.8. The molecule has 0 aliphatic carbocycles. The van der Waals surface area contributed by atoms with Gasteiger partial charge in [-0.1, -0.05) is 43.3 Å². The number of nitrogens with zero attached hydrogens (tertiary/aromatic N) is 3. The molecular weight excluding hydrogens is 389 g/mol. The van der Waals surface area contributed by atoms with Gasteiger partial charge >= 0.3 is 6.03 Å². The zero-order valence-electron chi connectivity index (χ0n) is 15.8. The van der Waals surface area contributed by atoms with Crippen LogP contribution in [0.3, 0.4) is 0 Å². The molecule has 2 amide bonds. The van der Waals surface area contributed by atoms with Crippen LogP contribution >= 0.6 is 11.8 Å². The quantitative estimate of drug-likeness (QED) is 0.609. The van der Waals surface area contributed by atoms with Gasteiger partial charge in [-0.05, 0) is 17.7 Å². The zero-order chi connectivity index (χ0) is 20.6. The number of nitriles is 1. The molecule has 0 saturated heterocycles. The highest BCUT2D eigenvalue weighted by Crippen LogP contribution is 2.18. The Labute approximate surface area is 172 Å². The molecule has 1 unspecified atom stereocenters. The molecule has 6 nitrogen and oxygen atoms in total. The average molecular weight is 409 g/mol. The van der Waals surface area contributed by atoms with Gasteiger partial charge in [0.25, 0.3) is 0 Å². The van der Waals surface area contributed by atoms with E-state index in [0.717, 1.165) is 5.75 Å². The van der Waals surface area contributed by atoms with Crippen LogP contribution < -0.4 is 10.6 Å². The van der Waals surface area contributed by atoms with Crippen molar-refractivity contribution in [3.8, 4) is 11.8 Å². The number of hydrogen-bond donors (Lipinski definition) is 2. The first-order chi connectivity index (χ1) is 14.1. The fraction of sp³-hybridized carbons (Fsp3) is 0.190. The molecule has 3 aromatic rings. The lowest BCUT2D eigenvalue weighted by atomic mass is 10.2. The highest BCUT2D eigenvalue weighted by Gasteiger charge is 2.12. The summed E-state index contributed by atoms with van der Waals surface area (Å²) in [5.41, 5.74) is 1.45. The number of carbonyl (C=O) groups is 1. The highest BCUT2D eigenvalue weighted by molar-refractivity contribution is 7.99. The Morgan fingerprint density at radius 1 is 1.24 bits per heavy atom. The number of amides is 2. The topological polar surface area (TPSA) is 82.7 Å². The summed E-state index contributed by atoms with van der Waals surface area (Å²) < 4.78 is 15.1. The number of benzene rings is 2. The summed E-state index contributed by atoms with van der Waals surface area (Å²) in [6, 6.07) is 17.5. The van der Waals surface area contributed by atoms with Crippen LogP contribution in [0.1, 0.15) is 18.1 Å². The first-order valence-corrected chi connectivity index (χ1v) is 10.1. The molecule has 0 saturated carbocycles. The molecule has 148 valence electrons. The van der Waals surface area contributed by atoms with Crippen LogP contribution in [0.2, 0.25) is 0 Å². The van der Waals surface area contributed by atoms with Crippen molar-refractivity contribution in [3.63, 3.8) is 0 Å². The van der Waals surface area contributed by atoms with E-state index in [1.165, 1.54) is 22.4 Å². The van der Waals surface area contributed by atoms with E-state index in [0.29, 0.717) is 18.1 Å². The van der Waals surface area contributed by atoms with Gasteiger partial charge in [-0.15, -0.1) is 5.10 Å². The molecule has 1 heterocycles. The lowest BCUT2D eigenvalue weighted by molar-refractivity contribution is 0.252. The Morgan fingerprint density at radius 3 is 2.79 bits per heavy atom. The minimum atomic E-state index is -0.616. The van der Waals surface area contributed by atoms with Crippen molar-refractivity contribution < 1.29 is 9.18 Å². The minimum Gasteiger partial charge on any atom is -0.337 e. The summed E-state index contributed by atoms with van der Waals surface area (Å²) in [6.07, 6.45) is 1.56. The van der Waals surface area contributed by atoms with E-state index in [2.05, 4.69) is 34.8 Å². The van der Waals surface area contributed by atoms with E-state index in [4.69, 9.17) is 5.26 Å². The van der Waals surface area contributed by atoms with Crippen molar-refractivity contribution in [2.75, 3.05) is 11.9 Å². The van der Waals surface area contributed by atoms with Crippen LogP contribution in [0, 0.1) is 17.1 Å². The highest BCUT2D eigenvalue weighted by atomic mass is 32.2. The predicted molar refractivity (Wildman–Crippen MR) is 112 cm³/mol. The van der Waals surface area contributed by atoms with Crippen LogP contribution in [-0.4, -0.2) is 27.6 Å². The van der Waals surface area contributed by atoms with Crippen LogP contribution in [0.5, 0.6) is 0 Å². The first-order valence-electron chi connectivity index (χ1n) is 9.02. The van der Waals surface area contributed by atoms with Crippen molar-refractivity contribution in [3.05, 3.63) is 77.7 Å². The number of carbonyl (C=O) groups excluding carboxylic acids is 1. The van der Waals surface area contributed by atoms with E-state index in [1.54, 1.807) is 30.1 Å². The molecule has 0 aliphatic rings. The molecule has 8 heteroatoms. The minimum absolute atomic E-state index is 0.101. The van der Waals surface area contributed by atoms with Gasteiger partial charge in [0.15, 0.2) is 5.82 Å². The molecule has 0 aliphatic heterocycles. The van der Waals surface area contributed by atoms with Crippen molar-refractivity contribution >= 4 is 23.6 Å². The second-order valence-corrected chi connectivity index (χ2v) is 7.76. The molecule has 0 radical (unpaired) electrons. The second kappa shape index (κ2) is 9.75. The molecule has 0 bridgehead atoms. The fourth-order valence-electron chi connectivity index (χ4n) is 2.61. The monoisotopic (exact) mass is 409 g/mol. The number of urea groups is 1. The van der Waals surface area contributed by atoms with Crippen molar-refractivity contribution in [2.45, 2.75) is 17.9 Å². The van der Waals surface area contributed by atoms with Gasteiger partial charge in [0, 0.05) is 29.8 Å². The number of anilines is 1. The SMILES string of the molecule is CC(CNC(=O)Nc1ccn(-c2cccc(F)c2C#N)n1)SCc1ccccc1. The van der Waals surface area contributed by atoms with Gasteiger partial charge < -0.3 is 5.32 Å². The van der Waals surface area contributed by atoms with E-state index in [1.807, 2.05) is 24.3 Å². The number of thioether (sulfide) groups is 1. The largest absolute Gasteiger partial charge is 0.337 e. The van der Waals surface area contributed by atoms with Gasteiger partial charge in [0.2, 0.25) is 0 Å². The van der Waals surface area contributed by atoms with Crippen LogP contribution in [0.25, 0.3) is 5.69 Å². The van der Waals surface area contributed by atoms with Crippen LogP contribution in [0.15, 0.2) is 60.8 Å². The van der Waals surface area contributed by atoms with Crippen LogP contribution in [0.4, 0.5) is 15.0 Å². The molecule has 0 fully saturated rings. The molecule has 0 spiro atoms. The van der Waals surface area contributed by atoms with Gasteiger partial charge in [-0.3, -0.25) is 5.32 Å². The smallest absolute Gasteiger partial charge is 0.320 e. The summed E-state index contributed by atoms with van der Waals surface area (Å²) in [5, 5.41) is 19.0. The summed E-state index contributed by atoms with van der Waals surface area (Å²) in [7, 11) is 0. The van der Waals surface area contributed by atoms with Gasteiger partial charge in [0.05, 0.1) is 5.69 Å². The molecular formula is C21H20FN5OS. The lowest BCUT2D eigenvalue weighted by Crippen LogP contribution is -2.33. The first kappa shape index (κ1) is 20.4. The number of aromatic nitrogens is 2. The van der Waals surface area contributed by atoms with Crippen molar-refractivity contribution in [2.24, 2.45) is 0 Å². The standard InChI is InChI=1S/C21H20FN5OS/c1-15(29-14-16-6-3-2-4-7-16)13-24-21(28)25-20-10-11-27(26-20)19-9-5-8-18(22)17(19)12-23/h2-11,15H,13-14H2,1H3,(H2,24,25,26,28). The Hall–Kier alpha value is -3.31. The molecule has 3 rings (SSSR count). The summed E-state index contributed by atoms with van der Waals surface area (Å²) in [6.45, 7) is 2.56. The predicted octanol–water partition coefficient (Wildman–Crippen LogP) is 4.33. The van der Waals surface area contributed by atoms with Crippen LogP contribution in [-0.2, 0) is 5.75 Å². The molecule has 29 heavy (non-hydrogen) atoms. The normalized spacial score (nSPS) is 11.5. The average Bonchev–Trinajstić information content (AvgIpc) is 3.19. The number of nitrogens with one attached hydrogen (secondary N) is 2. The van der Waals surface area contributed by atoms with Gasteiger partial charge in [0.1, 0.15) is 17.4 Å². The van der Waals surface area contributed by atoms with E-state index in [-0.39, 0.29) is 16.8 Å². The molecule has 1 aromatic heterocycles. The third kappa shape index (κ3) is 5.59. The summed E-state index contributed by atoms with van der Waals surface area (Å²) in [5.74, 6) is 0.569. The number of hydrogen-bond acceptors (Lipinski definition) is 4. The Bertz CT molecular complexity index is 1020. The van der Waals surface area contributed by atoms with Crippen molar-refractivity contribution in [1.29, 1.82) is 5.26 Å². The van der Waals surface area contributed by atoms with Gasteiger partial charge in [-0.2, -0.15) is 17.0 Å². The summed E-state index contributed by atoms with van der Waals surface area (Å²) >= 11 is 1.76. The maximum Gasteiger partial charge on any atom is 0.320 e. The third-order valence-corrected chi connectivity index (χ3v) is 5.34. The lowest BCUT2D eigenvalue weighted by Gasteiger charge is -2.12. The van der Waals surface area contributed by atoms with E-state index in [9.17, 15) is 9.18 Å². The van der Waals surface area contributed by atoms with Crippen molar-refractivity contribution in [1.82, 2.24) is 15.1 Å². The fourth-order valence-corrected chi connectivity index (χ4v) is 3.48. The number of rotatable bonds is 7. The Kier molecular flexibility index (Phi) is 6.87. The molecule has 2 aromatic carbocycles.